The van der Waals surface area contributed by atoms with Crippen molar-refractivity contribution in [2.75, 3.05) is 11.9 Å². The molecule has 0 saturated heterocycles. The van der Waals surface area contributed by atoms with Gasteiger partial charge in [-0.2, -0.15) is 5.10 Å². The number of aromatic nitrogens is 5. The van der Waals surface area contributed by atoms with Crippen LogP contribution in [0.25, 0.3) is 22.5 Å². The van der Waals surface area contributed by atoms with Gasteiger partial charge in [0.2, 0.25) is 5.95 Å². The highest BCUT2D eigenvalue weighted by Crippen LogP contribution is 2.29. The maximum atomic E-state index is 12.6. The molecule has 0 radical (unpaired) electrons. The average Bonchev–Trinajstić information content (AvgIpc) is 3.33. The zero-order valence-electron chi connectivity index (χ0n) is 20.0. The first-order valence-electron chi connectivity index (χ1n) is 11.6. The molecule has 1 aromatic carbocycles. The van der Waals surface area contributed by atoms with Gasteiger partial charge in [-0.1, -0.05) is 6.07 Å². The maximum absolute atomic E-state index is 12.6. The van der Waals surface area contributed by atoms with Crippen molar-refractivity contribution in [3.63, 3.8) is 0 Å². The predicted octanol–water partition coefficient (Wildman–Crippen LogP) is 4.54. The highest BCUT2D eigenvalue weighted by molar-refractivity contribution is 5.78. The summed E-state index contributed by atoms with van der Waals surface area (Å²) in [6.45, 7) is 7.25. The highest BCUT2D eigenvalue weighted by atomic mass is 16.2. The lowest BCUT2D eigenvalue weighted by Gasteiger charge is -2.32. The molecule has 0 fully saturated rings. The average molecular weight is 469 g/mol. The number of H-pyrrole nitrogens is 1. The van der Waals surface area contributed by atoms with Crippen LogP contribution in [0, 0.1) is 0 Å². The number of hydrogen-bond acceptors (Lipinski definition) is 6. The molecule has 4 aromatic rings. The maximum Gasteiger partial charge on any atom is 0.318 e. The fraction of sp³-hybridized carbons (Fsp3) is 0.269. The largest absolute Gasteiger partial charge is 0.333 e. The van der Waals surface area contributed by atoms with Crippen LogP contribution < -0.4 is 10.6 Å². The molecule has 9 nitrogen and oxygen atoms in total. The summed E-state index contributed by atoms with van der Waals surface area (Å²) in [6.07, 6.45) is 7.82. The zero-order chi connectivity index (χ0) is 24.4. The van der Waals surface area contributed by atoms with Gasteiger partial charge >= 0.3 is 6.03 Å². The van der Waals surface area contributed by atoms with Crippen molar-refractivity contribution in [2.45, 2.75) is 39.3 Å². The summed E-state index contributed by atoms with van der Waals surface area (Å²) in [5, 5.41) is 13.6. The number of benzene rings is 1. The fourth-order valence-electron chi connectivity index (χ4n) is 4.11. The van der Waals surface area contributed by atoms with Crippen LogP contribution >= 0.6 is 0 Å². The van der Waals surface area contributed by atoms with Gasteiger partial charge in [0.1, 0.15) is 0 Å². The second-order valence-corrected chi connectivity index (χ2v) is 9.63. The summed E-state index contributed by atoms with van der Waals surface area (Å²) in [7, 11) is 0. The van der Waals surface area contributed by atoms with Gasteiger partial charge in [-0.05, 0) is 68.7 Å². The van der Waals surface area contributed by atoms with Gasteiger partial charge in [-0.25, -0.2) is 14.8 Å². The van der Waals surface area contributed by atoms with E-state index in [0.717, 1.165) is 40.2 Å². The van der Waals surface area contributed by atoms with E-state index in [1.54, 1.807) is 24.8 Å². The number of amides is 2. The van der Waals surface area contributed by atoms with Gasteiger partial charge in [0.25, 0.3) is 0 Å². The number of hydrogen-bond donors (Lipinski definition) is 3. The van der Waals surface area contributed by atoms with Crippen LogP contribution in [0.2, 0.25) is 0 Å². The minimum atomic E-state index is -0.255. The van der Waals surface area contributed by atoms with E-state index < -0.39 is 0 Å². The van der Waals surface area contributed by atoms with Crippen molar-refractivity contribution in [2.24, 2.45) is 0 Å². The number of nitrogens with zero attached hydrogens (tertiary/aromatic N) is 5. The SMILES string of the molecule is CC(C)(C)NC(=O)N1CCc2cc(Nc3nccc(-c4cn[nH]c4-c4cccnc4)n3)ccc2C1. The van der Waals surface area contributed by atoms with E-state index in [1.165, 1.54) is 5.56 Å². The van der Waals surface area contributed by atoms with Crippen molar-refractivity contribution in [3.05, 3.63) is 72.3 Å². The standard InChI is InChI=1S/C26H28N8O/c1-26(2,3)32-25(35)34-12-9-17-13-20(7-6-19(17)16-34)30-24-28-11-8-22(31-24)21-15-29-33-23(21)18-5-4-10-27-14-18/h4-8,10-11,13-15H,9,12,16H2,1-3H3,(H,29,33)(H,32,35)(H,28,30,31). The summed E-state index contributed by atoms with van der Waals surface area (Å²) >= 11 is 0. The summed E-state index contributed by atoms with van der Waals surface area (Å²) in [5.41, 5.74) is 6.46. The number of anilines is 2. The summed E-state index contributed by atoms with van der Waals surface area (Å²) in [5.74, 6) is 0.503. The summed E-state index contributed by atoms with van der Waals surface area (Å²) in [6, 6.07) is 11.9. The van der Waals surface area contributed by atoms with Gasteiger partial charge in [0, 0.05) is 54.0 Å². The van der Waals surface area contributed by atoms with Gasteiger partial charge in [-0.15, -0.1) is 0 Å². The van der Waals surface area contributed by atoms with E-state index in [-0.39, 0.29) is 11.6 Å². The van der Waals surface area contributed by atoms with Crippen molar-refractivity contribution < 1.29 is 4.79 Å². The molecule has 4 heterocycles. The minimum absolute atomic E-state index is 0.0273. The van der Waals surface area contributed by atoms with E-state index in [4.69, 9.17) is 4.98 Å². The van der Waals surface area contributed by atoms with Crippen LogP contribution in [0.5, 0.6) is 0 Å². The normalized spacial score (nSPS) is 13.3. The molecule has 5 rings (SSSR count). The Morgan fingerprint density at radius 3 is 2.77 bits per heavy atom. The monoisotopic (exact) mass is 468 g/mol. The molecule has 1 aliphatic rings. The van der Waals surface area contributed by atoms with Crippen molar-refractivity contribution in [3.8, 4) is 22.5 Å². The zero-order valence-corrected chi connectivity index (χ0v) is 20.0. The Labute approximate surface area is 204 Å². The molecule has 0 unspecified atom stereocenters. The third-order valence-electron chi connectivity index (χ3n) is 5.76. The number of aromatic amines is 1. The molecule has 35 heavy (non-hydrogen) atoms. The topological polar surface area (TPSA) is 112 Å². The van der Waals surface area contributed by atoms with Crippen LogP contribution in [0.1, 0.15) is 31.9 Å². The second-order valence-electron chi connectivity index (χ2n) is 9.63. The van der Waals surface area contributed by atoms with Crippen LogP contribution in [0.4, 0.5) is 16.4 Å². The van der Waals surface area contributed by atoms with E-state index in [9.17, 15) is 4.79 Å². The minimum Gasteiger partial charge on any atom is -0.333 e. The first-order chi connectivity index (χ1) is 16.9. The lowest BCUT2D eigenvalue weighted by Crippen LogP contribution is -2.49. The Bertz CT molecular complexity index is 1340. The molecule has 0 saturated carbocycles. The summed E-state index contributed by atoms with van der Waals surface area (Å²) in [4.78, 5) is 27.7. The molecule has 3 aromatic heterocycles. The van der Waals surface area contributed by atoms with Crippen LogP contribution in [0.3, 0.4) is 0 Å². The third-order valence-corrected chi connectivity index (χ3v) is 5.76. The van der Waals surface area contributed by atoms with E-state index in [1.807, 2.05) is 49.9 Å². The second kappa shape index (κ2) is 9.17. The molecular formula is C26H28N8O. The lowest BCUT2D eigenvalue weighted by atomic mass is 9.99. The predicted molar refractivity (Wildman–Crippen MR) is 135 cm³/mol. The van der Waals surface area contributed by atoms with Gasteiger partial charge < -0.3 is 15.5 Å². The molecule has 178 valence electrons. The van der Waals surface area contributed by atoms with Gasteiger partial charge in [-0.3, -0.25) is 10.1 Å². The Kier molecular flexibility index (Phi) is 5.90. The van der Waals surface area contributed by atoms with Gasteiger partial charge in [0.05, 0.1) is 17.6 Å². The highest BCUT2D eigenvalue weighted by Gasteiger charge is 2.24. The lowest BCUT2D eigenvalue weighted by molar-refractivity contribution is 0.183. The van der Waals surface area contributed by atoms with Crippen LogP contribution in [0.15, 0.2) is 61.2 Å². The Balaban J connectivity index is 1.32. The number of fused-ring (bicyclic) bond motifs is 1. The van der Waals surface area contributed by atoms with E-state index >= 15 is 0 Å². The quantitative estimate of drug-likeness (QED) is 0.405. The molecule has 0 spiro atoms. The fourth-order valence-corrected chi connectivity index (χ4v) is 4.11. The first-order valence-corrected chi connectivity index (χ1v) is 11.6. The Hall–Kier alpha value is -4.27. The molecule has 2 amide bonds. The number of rotatable bonds is 4. The number of carbonyl (C=O) groups excluding carboxylic acids is 1. The van der Waals surface area contributed by atoms with Crippen LogP contribution in [-0.4, -0.2) is 48.2 Å². The molecule has 0 aliphatic carbocycles. The van der Waals surface area contributed by atoms with Crippen molar-refractivity contribution >= 4 is 17.7 Å². The number of carbonyl (C=O) groups is 1. The van der Waals surface area contributed by atoms with E-state index in [0.29, 0.717) is 19.0 Å². The van der Waals surface area contributed by atoms with Crippen molar-refractivity contribution in [1.29, 1.82) is 0 Å². The van der Waals surface area contributed by atoms with Crippen molar-refractivity contribution in [1.82, 2.24) is 35.4 Å². The molecular weight excluding hydrogens is 440 g/mol. The molecule has 0 atom stereocenters. The van der Waals surface area contributed by atoms with Gasteiger partial charge in [0.15, 0.2) is 0 Å². The first kappa shape index (κ1) is 22.5. The molecule has 1 aliphatic heterocycles. The Morgan fingerprint density at radius 2 is 1.97 bits per heavy atom. The van der Waals surface area contributed by atoms with Crippen LogP contribution in [-0.2, 0) is 13.0 Å². The smallest absolute Gasteiger partial charge is 0.318 e. The Morgan fingerprint density at radius 1 is 1.09 bits per heavy atom. The third kappa shape index (κ3) is 5.13. The number of pyridine rings is 1. The number of nitrogens with one attached hydrogen (secondary N) is 3. The van der Waals surface area contributed by atoms with E-state index in [2.05, 4.69) is 42.9 Å². The number of urea groups is 1. The molecule has 0 bridgehead atoms. The molecule has 3 N–H and O–H groups in total. The molecule has 9 heteroatoms. The summed E-state index contributed by atoms with van der Waals surface area (Å²) < 4.78 is 0.